The molecule has 0 unspecified atom stereocenters. The molecule has 0 aliphatic rings. The fraction of sp³-hybridized carbons (Fsp3) is 0.273. The fourth-order valence-electron chi connectivity index (χ4n) is 3.02. The summed E-state index contributed by atoms with van der Waals surface area (Å²) in [5, 5.41) is 7.82. The van der Waals surface area contributed by atoms with Crippen molar-refractivity contribution in [3.8, 4) is 0 Å². The first-order valence-electron chi connectivity index (χ1n) is 9.03. The number of nitrogens with one attached hydrogen (secondary N) is 2. The first-order valence-corrected chi connectivity index (χ1v) is 9.03. The van der Waals surface area contributed by atoms with Crippen LogP contribution in [-0.4, -0.2) is 24.5 Å². The van der Waals surface area contributed by atoms with Crippen LogP contribution in [0, 0.1) is 5.82 Å². The van der Waals surface area contributed by atoms with Crippen molar-refractivity contribution in [3.05, 3.63) is 77.7 Å². The molecule has 2 aromatic carbocycles. The van der Waals surface area contributed by atoms with E-state index in [1.54, 1.807) is 19.2 Å². The maximum Gasteiger partial charge on any atom is 0.191 e. The summed E-state index contributed by atoms with van der Waals surface area (Å²) in [6.07, 6.45) is 1.82. The Bertz CT molecular complexity index is 944. The summed E-state index contributed by atoms with van der Waals surface area (Å²) in [7, 11) is 1.75. The van der Waals surface area contributed by atoms with E-state index in [9.17, 15) is 4.39 Å². The molecule has 27 heavy (non-hydrogen) atoms. The molecule has 0 aliphatic heterocycles. The summed E-state index contributed by atoms with van der Waals surface area (Å²) >= 11 is 0. The second-order valence-electron chi connectivity index (χ2n) is 7.16. The zero-order chi connectivity index (χ0) is 19.3. The zero-order valence-electron chi connectivity index (χ0n) is 16.0. The predicted octanol–water partition coefficient (Wildman–Crippen LogP) is 4.02. The SMILES string of the molecule is CN=C(NCc1ccnc2ccccc12)NCC(C)(C)c1cccc(F)c1. The summed E-state index contributed by atoms with van der Waals surface area (Å²) in [6, 6.07) is 16.8. The van der Waals surface area contributed by atoms with Crippen LogP contribution < -0.4 is 10.6 Å². The van der Waals surface area contributed by atoms with E-state index in [1.165, 1.54) is 6.07 Å². The third kappa shape index (κ3) is 4.61. The van der Waals surface area contributed by atoms with Gasteiger partial charge in [-0.05, 0) is 35.4 Å². The van der Waals surface area contributed by atoms with Gasteiger partial charge in [-0.2, -0.15) is 0 Å². The standard InChI is InChI=1S/C22H25FN4/c1-22(2,17-7-6-8-18(23)13-17)15-27-21(24-3)26-14-16-11-12-25-20-10-5-4-9-19(16)20/h4-13H,14-15H2,1-3H3,(H2,24,26,27). The first kappa shape index (κ1) is 18.8. The van der Waals surface area contributed by atoms with E-state index in [0.717, 1.165) is 22.0 Å². The largest absolute Gasteiger partial charge is 0.356 e. The van der Waals surface area contributed by atoms with E-state index in [-0.39, 0.29) is 11.2 Å². The number of fused-ring (bicyclic) bond motifs is 1. The van der Waals surface area contributed by atoms with Crippen molar-refractivity contribution < 1.29 is 4.39 Å². The lowest BCUT2D eigenvalue weighted by Crippen LogP contribution is -2.43. The van der Waals surface area contributed by atoms with Crippen LogP contribution in [0.4, 0.5) is 4.39 Å². The van der Waals surface area contributed by atoms with Crippen LogP contribution in [0.5, 0.6) is 0 Å². The molecule has 3 rings (SSSR count). The van der Waals surface area contributed by atoms with Gasteiger partial charge >= 0.3 is 0 Å². The molecular weight excluding hydrogens is 339 g/mol. The summed E-state index contributed by atoms with van der Waals surface area (Å²) in [4.78, 5) is 8.70. The Balaban J connectivity index is 1.64. The lowest BCUT2D eigenvalue weighted by molar-refractivity contribution is 0.503. The minimum absolute atomic E-state index is 0.215. The normalized spacial score (nSPS) is 12.2. The van der Waals surface area contributed by atoms with Gasteiger partial charge < -0.3 is 10.6 Å². The summed E-state index contributed by atoms with van der Waals surface area (Å²) in [5.74, 6) is 0.494. The molecule has 140 valence electrons. The van der Waals surface area contributed by atoms with Gasteiger partial charge in [0, 0.05) is 37.1 Å². The van der Waals surface area contributed by atoms with Crippen LogP contribution in [0.2, 0.25) is 0 Å². The Hall–Kier alpha value is -2.95. The number of pyridine rings is 1. The number of hydrogen-bond acceptors (Lipinski definition) is 2. The van der Waals surface area contributed by atoms with E-state index in [4.69, 9.17) is 0 Å². The van der Waals surface area contributed by atoms with Gasteiger partial charge in [0.15, 0.2) is 5.96 Å². The topological polar surface area (TPSA) is 49.3 Å². The van der Waals surface area contributed by atoms with E-state index < -0.39 is 0 Å². The second kappa shape index (κ2) is 8.16. The van der Waals surface area contributed by atoms with Gasteiger partial charge in [0.05, 0.1) is 5.52 Å². The molecule has 0 saturated heterocycles. The van der Waals surface area contributed by atoms with Crippen molar-refractivity contribution in [3.63, 3.8) is 0 Å². The molecule has 0 fully saturated rings. The third-order valence-electron chi connectivity index (χ3n) is 4.71. The van der Waals surface area contributed by atoms with Crippen LogP contribution in [0.3, 0.4) is 0 Å². The zero-order valence-corrected chi connectivity index (χ0v) is 16.0. The van der Waals surface area contributed by atoms with Crippen LogP contribution in [0.1, 0.15) is 25.0 Å². The van der Waals surface area contributed by atoms with Crippen molar-refractivity contribution in [2.75, 3.05) is 13.6 Å². The molecule has 0 radical (unpaired) electrons. The van der Waals surface area contributed by atoms with Crippen molar-refractivity contribution >= 4 is 16.9 Å². The molecule has 2 N–H and O–H groups in total. The maximum absolute atomic E-state index is 13.5. The molecule has 3 aromatic rings. The molecular formula is C22H25FN4. The van der Waals surface area contributed by atoms with Crippen molar-refractivity contribution in [1.29, 1.82) is 0 Å². The van der Waals surface area contributed by atoms with Gasteiger partial charge in [-0.1, -0.05) is 44.2 Å². The molecule has 0 amide bonds. The van der Waals surface area contributed by atoms with E-state index in [0.29, 0.717) is 19.0 Å². The number of halogens is 1. The van der Waals surface area contributed by atoms with Gasteiger partial charge in [-0.25, -0.2) is 4.39 Å². The summed E-state index contributed by atoms with van der Waals surface area (Å²) < 4.78 is 13.5. The minimum atomic E-state index is -0.233. The Morgan fingerprint density at radius 2 is 1.89 bits per heavy atom. The molecule has 0 bridgehead atoms. The van der Waals surface area contributed by atoms with E-state index >= 15 is 0 Å². The number of aromatic nitrogens is 1. The predicted molar refractivity (Wildman–Crippen MR) is 109 cm³/mol. The third-order valence-corrected chi connectivity index (χ3v) is 4.71. The van der Waals surface area contributed by atoms with Gasteiger partial charge in [-0.15, -0.1) is 0 Å². The summed E-state index contributed by atoms with van der Waals surface area (Å²) in [6.45, 7) is 5.44. The van der Waals surface area contributed by atoms with Crippen LogP contribution >= 0.6 is 0 Å². The Morgan fingerprint density at radius 3 is 2.67 bits per heavy atom. The van der Waals surface area contributed by atoms with Crippen molar-refractivity contribution in [2.45, 2.75) is 25.8 Å². The molecule has 0 atom stereocenters. The van der Waals surface area contributed by atoms with Crippen molar-refractivity contribution in [2.24, 2.45) is 4.99 Å². The second-order valence-corrected chi connectivity index (χ2v) is 7.16. The first-order chi connectivity index (χ1) is 13.0. The quantitative estimate of drug-likeness (QED) is 0.531. The maximum atomic E-state index is 13.5. The number of para-hydroxylation sites is 1. The highest BCUT2D eigenvalue weighted by atomic mass is 19.1. The molecule has 0 aliphatic carbocycles. The van der Waals surface area contributed by atoms with Gasteiger partial charge in [0.2, 0.25) is 0 Å². The number of guanidine groups is 1. The monoisotopic (exact) mass is 364 g/mol. The molecule has 1 heterocycles. The number of nitrogens with zero attached hydrogens (tertiary/aromatic N) is 2. The Kier molecular flexibility index (Phi) is 5.69. The number of aliphatic imine (C=N–C) groups is 1. The van der Waals surface area contributed by atoms with Gasteiger partial charge in [-0.3, -0.25) is 9.98 Å². The molecule has 0 saturated carbocycles. The molecule has 0 spiro atoms. The van der Waals surface area contributed by atoms with Gasteiger partial charge in [0.25, 0.3) is 0 Å². The van der Waals surface area contributed by atoms with E-state index in [1.807, 2.05) is 36.5 Å². The minimum Gasteiger partial charge on any atom is -0.356 e. The molecule has 5 heteroatoms. The number of rotatable bonds is 5. The van der Waals surface area contributed by atoms with Crippen LogP contribution in [-0.2, 0) is 12.0 Å². The lowest BCUT2D eigenvalue weighted by Gasteiger charge is -2.27. The van der Waals surface area contributed by atoms with Crippen LogP contribution in [0.15, 0.2) is 65.8 Å². The fourth-order valence-corrected chi connectivity index (χ4v) is 3.02. The smallest absolute Gasteiger partial charge is 0.191 e. The number of benzene rings is 2. The highest BCUT2D eigenvalue weighted by Crippen LogP contribution is 2.22. The summed E-state index contributed by atoms with van der Waals surface area (Å²) in [5.41, 5.74) is 2.86. The Labute approximate surface area is 159 Å². The molecule has 1 aromatic heterocycles. The van der Waals surface area contributed by atoms with Gasteiger partial charge in [0.1, 0.15) is 5.82 Å². The number of hydrogen-bond donors (Lipinski definition) is 2. The average molecular weight is 364 g/mol. The van der Waals surface area contributed by atoms with Crippen molar-refractivity contribution in [1.82, 2.24) is 15.6 Å². The van der Waals surface area contributed by atoms with Crippen LogP contribution in [0.25, 0.3) is 10.9 Å². The highest BCUT2D eigenvalue weighted by molar-refractivity contribution is 5.83. The lowest BCUT2D eigenvalue weighted by atomic mass is 9.84. The van der Waals surface area contributed by atoms with E-state index in [2.05, 4.69) is 40.5 Å². The molecule has 4 nitrogen and oxygen atoms in total. The highest BCUT2D eigenvalue weighted by Gasteiger charge is 2.21. The average Bonchev–Trinajstić information content (AvgIpc) is 2.68. The Morgan fingerprint density at radius 1 is 1.07 bits per heavy atom.